The van der Waals surface area contributed by atoms with Crippen LogP contribution in [0.25, 0.3) is 0 Å². The smallest absolute Gasteiger partial charge is 0.230 e. The van der Waals surface area contributed by atoms with E-state index in [2.05, 4.69) is 51.7 Å². The summed E-state index contributed by atoms with van der Waals surface area (Å²) in [4.78, 5) is 21.4. The monoisotopic (exact) mass is 527 g/mol. The predicted molar refractivity (Wildman–Crippen MR) is 136 cm³/mol. The maximum absolute atomic E-state index is 12.8. The van der Waals surface area contributed by atoms with Gasteiger partial charge in [-0.05, 0) is 50.3 Å². The number of nitrogens with one attached hydrogen (secondary N) is 2. The van der Waals surface area contributed by atoms with E-state index in [1.54, 1.807) is 11.9 Å². The Morgan fingerprint density at radius 3 is 2.47 bits per heavy atom. The Hall–Kier alpha value is -1.51. The second kappa shape index (κ2) is 11.2. The van der Waals surface area contributed by atoms with Crippen molar-refractivity contribution in [1.82, 2.24) is 15.5 Å². The average Bonchev–Trinajstić information content (AvgIpc) is 3.43. The first kappa shape index (κ1) is 24.8. The third kappa shape index (κ3) is 5.80. The first-order valence-electron chi connectivity index (χ1n) is 11.0. The van der Waals surface area contributed by atoms with Crippen LogP contribution in [-0.2, 0) is 4.79 Å². The Morgan fingerprint density at radius 2 is 1.87 bits per heavy atom. The number of hydrogen-bond donors (Lipinski definition) is 2. The Bertz CT molecular complexity index is 724. The van der Waals surface area contributed by atoms with Gasteiger partial charge in [-0.2, -0.15) is 0 Å². The molecule has 1 unspecified atom stereocenters. The van der Waals surface area contributed by atoms with E-state index >= 15 is 0 Å². The summed E-state index contributed by atoms with van der Waals surface area (Å²) in [6, 6.07) is 8.92. The van der Waals surface area contributed by atoms with Gasteiger partial charge in [-0.3, -0.25) is 9.79 Å². The van der Waals surface area contributed by atoms with E-state index in [-0.39, 0.29) is 41.3 Å². The SMILES string of the molecule is CN=C(NCC1(C(=O)N(C)C)CCCC1)NC(C)c1cccc(N2CCCC2)c1.I. The molecule has 30 heavy (non-hydrogen) atoms. The van der Waals surface area contributed by atoms with Crippen molar-refractivity contribution >= 4 is 41.5 Å². The highest BCUT2D eigenvalue weighted by atomic mass is 127. The lowest BCUT2D eigenvalue weighted by Gasteiger charge is -2.32. The number of carbonyl (C=O) groups is 1. The minimum Gasteiger partial charge on any atom is -0.372 e. The Morgan fingerprint density at radius 1 is 1.20 bits per heavy atom. The molecule has 7 heteroatoms. The summed E-state index contributed by atoms with van der Waals surface area (Å²) in [6.45, 7) is 5.09. The molecule has 0 bridgehead atoms. The van der Waals surface area contributed by atoms with Crippen LogP contribution in [0.15, 0.2) is 29.3 Å². The van der Waals surface area contributed by atoms with Crippen molar-refractivity contribution in [2.45, 2.75) is 51.5 Å². The van der Waals surface area contributed by atoms with Crippen LogP contribution in [0.2, 0.25) is 0 Å². The van der Waals surface area contributed by atoms with Gasteiger partial charge in [0.2, 0.25) is 5.91 Å². The lowest BCUT2D eigenvalue weighted by molar-refractivity contribution is -0.138. The van der Waals surface area contributed by atoms with Gasteiger partial charge in [0.25, 0.3) is 0 Å². The van der Waals surface area contributed by atoms with E-state index in [1.807, 2.05) is 14.1 Å². The van der Waals surface area contributed by atoms with Gasteiger partial charge in [0, 0.05) is 46.5 Å². The maximum atomic E-state index is 12.8. The number of aliphatic imine (C=N–C) groups is 1. The molecular weight excluding hydrogens is 489 g/mol. The second-order valence-electron chi connectivity index (χ2n) is 8.77. The molecule has 1 saturated carbocycles. The van der Waals surface area contributed by atoms with Gasteiger partial charge in [-0.15, -0.1) is 24.0 Å². The van der Waals surface area contributed by atoms with Crippen LogP contribution < -0.4 is 15.5 Å². The fourth-order valence-corrected chi connectivity index (χ4v) is 4.69. The largest absolute Gasteiger partial charge is 0.372 e. The normalized spacial score (nSPS) is 19.2. The van der Waals surface area contributed by atoms with Crippen LogP contribution >= 0.6 is 24.0 Å². The summed E-state index contributed by atoms with van der Waals surface area (Å²) in [7, 11) is 5.49. The predicted octanol–water partition coefficient (Wildman–Crippen LogP) is 3.78. The van der Waals surface area contributed by atoms with Gasteiger partial charge in [0.15, 0.2) is 5.96 Å². The van der Waals surface area contributed by atoms with Gasteiger partial charge in [0.1, 0.15) is 0 Å². The summed E-state index contributed by atoms with van der Waals surface area (Å²) >= 11 is 0. The fourth-order valence-electron chi connectivity index (χ4n) is 4.69. The van der Waals surface area contributed by atoms with E-state index in [0.29, 0.717) is 6.54 Å². The summed E-state index contributed by atoms with van der Waals surface area (Å²) in [6.07, 6.45) is 6.69. The molecule has 0 spiro atoms. The second-order valence-corrected chi connectivity index (χ2v) is 8.77. The van der Waals surface area contributed by atoms with Crippen molar-refractivity contribution < 1.29 is 4.79 Å². The van der Waals surface area contributed by atoms with E-state index < -0.39 is 0 Å². The van der Waals surface area contributed by atoms with Crippen molar-refractivity contribution in [2.75, 3.05) is 45.7 Å². The van der Waals surface area contributed by atoms with Gasteiger partial charge in [0.05, 0.1) is 11.5 Å². The maximum Gasteiger partial charge on any atom is 0.230 e. The van der Waals surface area contributed by atoms with Crippen LogP contribution in [0, 0.1) is 5.41 Å². The summed E-state index contributed by atoms with van der Waals surface area (Å²) in [5.74, 6) is 0.978. The van der Waals surface area contributed by atoms with Crippen molar-refractivity contribution in [3.8, 4) is 0 Å². The zero-order valence-electron chi connectivity index (χ0n) is 18.9. The van der Waals surface area contributed by atoms with E-state index in [4.69, 9.17) is 0 Å². The molecule has 1 aromatic rings. The van der Waals surface area contributed by atoms with E-state index in [9.17, 15) is 4.79 Å². The Balaban J connectivity index is 0.00000320. The molecule has 2 aliphatic rings. The molecule has 0 radical (unpaired) electrons. The molecule has 1 amide bonds. The summed E-state index contributed by atoms with van der Waals surface area (Å²) < 4.78 is 0. The number of anilines is 1. The number of rotatable bonds is 6. The number of halogens is 1. The van der Waals surface area contributed by atoms with Gasteiger partial charge in [-0.1, -0.05) is 25.0 Å². The molecule has 6 nitrogen and oxygen atoms in total. The first-order chi connectivity index (χ1) is 13.9. The van der Waals surface area contributed by atoms with E-state index in [1.165, 1.54) is 24.1 Å². The van der Waals surface area contributed by atoms with Crippen molar-refractivity contribution in [3.05, 3.63) is 29.8 Å². The lowest BCUT2D eigenvalue weighted by atomic mass is 9.84. The molecule has 168 valence electrons. The highest BCUT2D eigenvalue weighted by Gasteiger charge is 2.42. The zero-order chi connectivity index (χ0) is 20.9. The van der Waals surface area contributed by atoms with Crippen LogP contribution in [-0.4, -0.2) is 57.5 Å². The molecule has 1 saturated heterocycles. The molecule has 1 atom stereocenters. The average molecular weight is 527 g/mol. The van der Waals surface area contributed by atoms with Crippen LogP contribution in [0.3, 0.4) is 0 Å². The zero-order valence-corrected chi connectivity index (χ0v) is 21.2. The fraction of sp³-hybridized carbons (Fsp3) is 0.652. The third-order valence-electron chi connectivity index (χ3n) is 6.43. The molecule has 2 fully saturated rings. The van der Waals surface area contributed by atoms with Crippen molar-refractivity contribution in [3.63, 3.8) is 0 Å². The molecule has 1 heterocycles. The molecule has 0 aromatic heterocycles. The molecule has 1 aromatic carbocycles. The highest BCUT2D eigenvalue weighted by Crippen LogP contribution is 2.39. The van der Waals surface area contributed by atoms with Crippen LogP contribution in [0.4, 0.5) is 5.69 Å². The van der Waals surface area contributed by atoms with E-state index in [0.717, 1.165) is 44.7 Å². The van der Waals surface area contributed by atoms with Crippen molar-refractivity contribution in [2.24, 2.45) is 10.4 Å². The van der Waals surface area contributed by atoms with Crippen LogP contribution in [0.5, 0.6) is 0 Å². The molecule has 1 aliphatic carbocycles. The summed E-state index contributed by atoms with van der Waals surface area (Å²) in [5, 5.41) is 6.94. The highest BCUT2D eigenvalue weighted by molar-refractivity contribution is 14.0. The third-order valence-corrected chi connectivity index (χ3v) is 6.43. The van der Waals surface area contributed by atoms with Gasteiger partial charge < -0.3 is 20.4 Å². The topological polar surface area (TPSA) is 60.0 Å². The Kier molecular flexibility index (Phi) is 9.25. The molecule has 3 rings (SSSR count). The number of amides is 1. The van der Waals surface area contributed by atoms with Gasteiger partial charge >= 0.3 is 0 Å². The van der Waals surface area contributed by atoms with Crippen molar-refractivity contribution in [1.29, 1.82) is 0 Å². The summed E-state index contributed by atoms with van der Waals surface area (Å²) in [5.41, 5.74) is 2.25. The minimum atomic E-state index is -0.306. The first-order valence-corrected chi connectivity index (χ1v) is 11.0. The van der Waals surface area contributed by atoms with Gasteiger partial charge in [-0.25, -0.2) is 0 Å². The number of benzene rings is 1. The lowest BCUT2D eigenvalue weighted by Crippen LogP contribution is -2.49. The standard InChI is InChI=1S/C23H37N5O.HI/c1-18(19-10-9-11-20(16-19)28-14-7-8-15-28)26-22(24-2)25-17-23(12-5-6-13-23)21(29)27(3)4;/h9-11,16,18H,5-8,12-15,17H2,1-4H3,(H2,24,25,26);1H. The number of nitrogens with zero attached hydrogens (tertiary/aromatic N) is 3. The number of carbonyl (C=O) groups excluding carboxylic acids is 1. The number of guanidine groups is 1. The molecule has 1 aliphatic heterocycles. The molecular formula is C23H38IN5O. The minimum absolute atomic E-state index is 0. The molecule has 2 N–H and O–H groups in total. The quantitative estimate of drug-likeness (QED) is 0.336. The number of hydrogen-bond acceptors (Lipinski definition) is 3. The van der Waals surface area contributed by atoms with Crippen LogP contribution in [0.1, 0.15) is 57.1 Å². The Labute approximate surface area is 198 Å².